The predicted octanol–water partition coefficient (Wildman–Crippen LogP) is 2.82. The van der Waals surface area contributed by atoms with Gasteiger partial charge in [0.15, 0.2) is 0 Å². The molecule has 0 amide bonds. The van der Waals surface area contributed by atoms with E-state index < -0.39 is 0 Å². The molecule has 2 N–H and O–H groups in total. The summed E-state index contributed by atoms with van der Waals surface area (Å²) < 4.78 is 5.49. The molecular formula is C16H26N2O. The van der Waals surface area contributed by atoms with Crippen LogP contribution in [-0.2, 0) is 0 Å². The van der Waals surface area contributed by atoms with Crippen LogP contribution in [0.4, 0.5) is 0 Å². The Bertz CT molecular complexity index is 373. The molecule has 1 aromatic rings. The lowest BCUT2D eigenvalue weighted by molar-refractivity contribution is 0.203. The van der Waals surface area contributed by atoms with Gasteiger partial charge in [0.25, 0.3) is 0 Å². The summed E-state index contributed by atoms with van der Waals surface area (Å²) in [5, 5.41) is 0. The molecule has 1 saturated carbocycles. The Morgan fingerprint density at radius 3 is 2.42 bits per heavy atom. The van der Waals surface area contributed by atoms with Crippen molar-refractivity contribution in [2.45, 2.75) is 32.7 Å². The Hall–Kier alpha value is -1.06. The Labute approximate surface area is 116 Å². The predicted molar refractivity (Wildman–Crippen MR) is 79.4 cm³/mol. The van der Waals surface area contributed by atoms with Crippen LogP contribution in [-0.4, -0.2) is 31.1 Å². The summed E-state index contributed by atoms with van der Waals surface area (Å²) in [5.74, 6) is 1.84. The fourth-order valence-corrected chi connectivity index (χ4v) is 2.56. The van der Waals surface area contributed by atoms with E-state index in [9.17, 15) is 0 Å². The quantitative estimate of drug-likeness (QED) is 0.783. The van der Waals surface area contributed by atoms with Crippen molar-refractivity contribution in [1.29, 1.82) is 0 Å². The van der Waals surface area contributed by atoms with Gasteiger partial charge in [-0.15, -0.1) is 0 Å². The molecule has 0 heterocycles. The molecule has 1 unspecified atom stereocenters. The zero-order valence-corrected chi connectivity index (χ0v) is 12.1. The summed E-state index contributed by atoms with van der Waals surface area (Å²) in [6, 6.07) is 8.73. The molecule has 3 nitrogen and oxygen atoms in total. The first kappa shape index (κ1) is 14.4. The third kappa shape index (κ3) is 3.95. The van der Waals surface area contributed by atoms with E-state index in [1.807, 2.05) is 19.1 Å². The molecule has 0 spiro atoms. The van der Waals surface area contributed by atoms with E-state index in [-0.39, 0.29) is 0 Å². The standard InChI is InChI=1S/C16H26N2O/c1-3-18(12-13-5-6-13)16(11-17)14-7-9-15(10-8-14)19-4-2/h7-10,13,16H,3-6,11-12,17H2,1-2H3. The van der Waals surface area contributed by atoms with Gasteiger partial charge in [0, 0.05) is 19.1 Å². The minimum Gasteiger partial charge on any atom is -0.494 e. The molecule has 106 valence electrons. The van der Waals surface area contributed by atoms with E-state index in [1.165, 1.54) is 24.9 Å². The number of ether oxygens (including phenoxy) is 1. The van der Waals surface area contributed by atoms with Crippen LogP contribution in [0, 0.1) is 5.92 Å². The second-order valence-electron chi connectivity index (χ2n) is 5.28. The fraction of sp³-hybridized carbons (Fsp3) is 0.625. The van der Waals surface area contributed by atoms with Gasteiger partial charge < -0.3 is 10.5 Å². The smallest absolute Gasteiger partial charge is 0.119 e. The number of rotatable bonds is 8. The van der Waals surface area contributed by atoms with Gasteiger partial charge >= 0.3 is 0 Å². The van der Waals surface area contributed by atoms with Crippen LogP contribution in [0.3, 0.4) is 0 Å². The van der Waals surface area contributed by atoms with E-state index in [0.29, 0.717) is 19.2 Å². The van der Waals surface area contributed by atoms with Gasteiger partial charge in [-0.3, -0.25) is 4.90 Å². The van der Waals surface area contributed by atoms with E-state index in [0.717, 1.165) is 18.2 Å². The maximum absolute atomic E-state index is 6.00. The summed E-state index contributed by atoms with van der Waals surface area (Å²) in [7, 11) is 0. The molecular weight excluding hydrogens is 236 g/mol. The minimum atomic E-state index is 0.335. The van der Waals surface area contributed by atoms with Crippen molar-refractivity contribution in [3.05, 3.63) is 29.8 Å². The van der Waals surface area contributed by atoms with Gasteiger partial charge in [-0.05, 0) is 49.9 Å². The molecule has 0 radical (unpaired) electrons. The maximum atomic E-state index is 6.00. The lowest BCUT2D eigenvalue weighted by atomic mass is 10.0. The molecule has 0 saturated heterocycles. The van der Waals surface area contributed by atoms with Crippen LogP contribution in [0.2, 0.25) is 0 Å². The van der Waals surface area contributed by atoms with Gasteiger partial charge in [0.1, 0.15) is 5.75 Å². The number of likely N-dealkylation sites (N-methyl/N-ethyl adjacent to an activating group) is 1. The zero-order chi connectivity index (χ0) is 13.7. The van der Waals surface area contributed by atoms with Gasteiger partial charge in [-0.25, -0.2) is 0 Å². The highest BCUT2D eigenvalue weighted by molar-refractivity contribution is 5.29. The fourth-order valence-electron chi connectivity index (χ4n) is 2.56. The monoisotopic (exact) mass is 262 g/mol. The van der Waals surface area contributed by atoms with Crippen molar-refractivity contribution in [3.63, 3.8) is 0 Å². The van der Waals surface area contributed by atoms with Crippen LogP contribution in [0.15, 0.2) is 24.3 Å². The van der Waals surface area contributed by atoms with Gasteiger partial charge in [0.05, 0.1) is 6.61 Å². The van der Waals surface area contributed by atoms with Crippen molar-refractivity contribution < 1.29 is 4.74 Å². The Balaban J connectivity index is 2.05. The molecule has 1 aliphatic rings. The maximum Gasteiger partial charge on any atom is 0.119 e. The third-order valence-corrected chi connectivity index (χ3v) is 3.84. The molecule has 1 atom stereocenters. The van der Waals surface area contributed by atoms with E-state index >= 15 is 0 Å². The van der Waals surface area contributed by atoms with Crippen LogP contribution < -0.4 is 10.5 Å². The molecule has 3 heteroatoms. The summed E-state index contributed by atoms with van der Waals surface area (Å²) in [4.78, 5) is 2.51. The van der Waals surface area contributed by atoms with Crippen LogP contribution in [0.1, 0.15) is 38.3 Å². The molecule has 0 aliphatic heterocycles. The summed E-state index contributed by atoms with van der Waals surface area (Å²) in [6.45, 7) is 7.86. The zero-order valence-electron chi connectivity index (χ0n) is 12.1. The van der Waals surface area contributed by atoms with Gasteiger partial charge in [0.2, 0.25) is 0 Å². The van der Waals surface area contributed by atoms with Gasteiger partial charge in [-0.2, -0.15) is 0 Å². The average molecular weight is 262 g/mol. The molecule has 1 fully saturated rings. The van der Waals surface area contributed by atoms with E-state index in [2.05, 4.69) is 24.0 Å². The summed E-state index contributed by atoms with van der Waals surface area (Å²) in [5.41, 5.74) is 7.30. The normalized spacial score (nSPS) is 16.6. The molecule has 0 aromatic heterocycles. The third-order valence-electron chi connectivity index (χ3n) is 3.84. The Morgan fingerprint density at radius 2 is 1.95 bits per heavy atom. The first-order chi connectivity index (χ1) is 9.28. The summed E-state index contributed by atoms with van der Waals surface area (Å²) in [6.07, 6.45) is 2.77. The number of nitrogens with zero attached hydrogens (tertiary/aromatic N) is 1. The first-order valence-corrected chi connectivity index (χ1v) is 7.45. The largest absolute Gasteiger partial charge is 0.494 e. The van der Waals surface area contributed by atoms with Gasteiger partial charge in [-0.1, -0.05) is 19.1 Å². The van der Waals surface area contributed by atoms with Crippen molar-refractivity contribution in [3.8, 4) is 5.75 Å². The average Bonchev–Trinajstić information content (AvgIpc) is 3.24. The number of hydrogen-bond donors (Lipinski definition) is 1. The number of hydrogen-bond acceptors (Lipinski definition) is 3. The number of nitrogens with two attached hydrogens (primary N) is 1. The molecule has 0 bridgehead atoms. The SMILES string of the molecule is CCOc1ccc(C(CN)N(CC)CC2CC2)cc1. The van der Waals surface area contributed by atoms with Crippen LogP contribution >= 0.6 is 0 Å². The second kappa shape index (κ2) is 6.92. The second-order valence-corrected chi connectivity index (χ2v) is 5.28. The van der Waals surface area contributed by atoms with Crippen molar-refractivity contribution in [1.82, 2.24) is 4.90 Å². The Kier molecular flexibility index (Phi) is 5.23. The molecule has 1 aromatic carbocycles. The summed E-state index contributed by atoms with van der Waals surface area (Å²) >= 11 is 0. The highest BCUT2D eigenvalue weighted by atomic mass is 16.5. The molecule has 19 heavy (non-hydrogen) atoms. The van der Waals surface area contributed by atoms with Crippen molar-refractivity contribution in [2.24, 2.45) is 11.7 Å². The Morgan fingerprint density at radius 1 is 1.26 bits per heavy atom. The topological polar surface area (TPSA) is 38.5 Å². The lowest BCUT2D eigenvalue weighted by Gasteiger charge is -2.30. The number of benzene rings is 1. The highest BCUT2D eigenvalue weighted by Gasteiger charge is 2.27. The van der Waals surface area contributed by atoms with Crippen molar-refractivity contribution in [2.75, 3.05) is 26.2 Å². The highest BCUT2D eigenvalue weighted by Crippen LogP contribution is 2.32. The van der Waals surface area contributed by atoms with E-state index in [1.54, 1.807) is 0 Å². The van der Waals surface area contributed by atoms with E-state index in [4.69, 9.17) is 10.5 Å². The molecule has 1 aliphatic carbocycles. The molecule has 2 rings (SSSR count). The van der Waals surface area contributed by atoms with Crippen LogP contribution in [0.25, 0.3) is 0 Å². The lowest BCUT2D eigenvalue weighted by Crippen LogP contribution is -2.35. The first-order valence-electron chi connectivity index (χ1n) is 7.45. The van der Waals surface area contributed by atoms with Crippen molar-refractivity contribution >= 4 is 0 Å². The van der Waals surface area contributed by atoms with Crippen LogP contribution in [0.5, 0.6) is 5.75 Å². The minimum absolute atomic E-state index is 0.335.